The molecule has 0 aliphatic carbocycles. The number of fused-ring (bicyclic) bond motifs is 1. The molecule has 2 aromatic heterocycles. The summed E-state index contributed by atoms with van der Waals surface area (Å²) in [5.74, 6) is 0.442. The number of anilines is 1. The lowest BCUT2D eigenvalue weighted by molar-refractivity contribution is 0.0899. The largest absolute Gasteiger partial charge is 0.379 e. The summed E-state index contributed by atoms with van der Waals surface area (Å²) in [5.41, 5.74) is 3.42. The first-order valence-electron chi connectivity index (χ1n) is 12.9. The van der Waals surface area contributed by atoms with Gasteiger partial charge in [0.05, 0.1) is 21.7 Å². The Morgan fingerprint density at radius 3 is 2.69 bits per heavy atom. The standard InChI is InChI=1S/C28H39ClN4O2Si/c1-20-11-12-32(16-22-9-7-6-8-10-22)18-25(20)31-27-23(21(2)34)15-30-28-26(27)24(29)17-33(28)19-35-13-14-36(3,4)5/h6-10,15,17,20,25H,11-14,16,18-19H2,1-5H3,(H,30,31)/t20-,25+/m1/s1. The molecule has 0 saturated carbocycles. The normalized spacial score (nSPS) is 19.1. The van der Waals surface area contributed by atoms with Crippen molar-refractivity contribution in [3.05, 3.63) is 58.9 Å². The molecule has 1 aromatic carbocycles. The predicted molar refractivity (Wildman–Crippen MR) is 152 cm³/mol. The summed E-state index contributed by atoms with van der Waals surface area (Å²) in [4.78, 5) is 19.7. The van der Waals surface area contributed by atoms with Gasteiger partial charge in [-0.25, -0.2) is 4.98 Å². The van der Waals surface area contributed by atoms with Crippen molar-refractivity contribution in [1.82, 2.24) is 14.5 Å². The van der Waals surface area contributed by atoms with Crippen LogP contribution in [0.5, 0.6) is 0 Å². The van der Waals surface area contributed by atoms with E-state index in [4.69, 9.17) is 16.3 Å². The first-order valence-corrected chi connectivity index (χ1v) is 17.0. The molecule has 8 heteroatoms. The lowest BCUT2D eigenvalue weighted by atomic mass is 9.92. The van der Waals surface area contributed by atoms with Crippen LogP contribution in [-0.2, 0) is 18.0 Å². The highest BCUT2D eigenvalue weighted by Gasteiger charge is 2.29. The maximum absolute atomic E-state index is 12.6. The fourth-order valence-electron chi connectivity index (χ4n) is 4.76. The summed E-state index contributed by atoms with van der Waals surface area (Å²) in [6.07, 6.45) is 4.64. The van der Waals surface area contributed by atoms with Crippen LogP contribution in [0.2, 0.25) is 30.7 Å². The minimum absolute atomic E-state index is 0.0216. The fraction of sp³-hybridized carbons (Fsp3) is 0.500. The number of ketones is 1. The molecule has 0 bridgehead atoms. The van der Waals surface area contributed by atoms with Crippen LogP contribution in [0.3, 0.4) is 0 Å². The molecule has 4 rings (SSSR count). The van der Waals surface area contributed by atoms with Crippen LogP contribution in [-0.4, -0.2) is 54.0 Å². The van der Waals surface area contributed by atoms with Crippen molar-refractivity contribution in [2.45, 2.75) is 65.3 Å². The van der Waals surface area contributed by atoms with Gasteiger partial charge in [-0.15, -0.1) is 0 Å². The zero-order valence-electron chi connectivity index (χ0n) is 22.2. The van der Waals surface area contributed by atoms with Gasteiger partial charge < -0.3 is 14.6 Å². The molecule has 194 valence electrons. The Morgan fingerprint density at radius 1 is 1.25 bits per heavy atom. The number of carbonyl (C=O) groups excluding carboxylic acids is 1. The number of Topliss-reactive ketones (excluding diaryl/α,β-unsaturated/α-hetero) is 1. The van der Waals surface area contributed by atoms with E-state index >= 15 is 0 Å². The molecule has 6 nitrogen and oxygen atoms in total. The lowest BCUT2D eigenvalue weighted by Crippen LogP contribution is -2.46. The summed E-state index contributed by atoms with van der Waals surface area (Å²) in [5, 5.41) is 5.13. The Labute approximate surface area is 221 Å². The van der Waals surface area contributed by atoms with Crippen molar-refractivity contribution < 1.29 is 9.53 Å². The Balaban J connectivity index is 1.57. The summed E-state index contributed by atoms with van der Waals surface area (Å²) in [6, 6.07) is 11.9. The summed E-state index contributed by atoms with van der Waals surface area (Å²) >= 11 is 6.76. The summed E-state index contributed by atoms with van der Waals surface area (Å²) in [7, 11) is -1.16. The molecule has 1 aliphatic rings. The lowest BCUT2D eigenvalue weighted by Gasteiger charge is -2.38. The number of benzene rings is 1. The van der Waals surface area contributed by atoms with Gasteiger partial charge in [-0.2, -0.15) is 0 Å². The predicted octanol–water partition coefficient (Wildman–Crippen LogP) is 6.53. The van der Waals surface area contributed by atoms with E-state index < -0.39 is 8.07 Å². The van der Waals surface area contributed by atoms with Gasteiger partial charge in [0.2, 0.25) is 0 Å². The van der Waals surface area contributed by atoms with Crippen molar-refractivity contribution in [1.29, 1.82) is 0 Å². The van der Waals surface area contributed by atoms with Crippen molar-refractivity contribution >= 4 is 42.2 Å². The zero-order chi connectivity index (χ0) is 25.9. The van der Waals surface area contributed by atoms with Gasteiger partial charge >= 0.3 is 0 Å². The highest BCUT2D eigenvalue weighted by Crippen LogP contribution is 2.36. The minimum Gasteiger partial charge on any atom is -0.379 e. The van der Waals surface area contributed by atoms with E-state index in [1.54, 1.807) is 13.1 Å². The monoisotopic (exact) mass is 526 g/mol. The van der Waals surface area contributed by atoms with Gasteiger partial charge in [-0.05, 0) is 37.4 Å². The maximum Gasteiger partial charge on any atom is 0.163 e. The number of nitrogens with zero attached hydrogens (tertiary/aromatic N) is 3. The van der Waals surface area contributed by atoms with E-state index in [0.717, 1.165) is 55.4 Å². The summed E-state index contributed by atoms with van der Waals surface area (Å²) < 4.78 is 7.92. The molecular weight excluding hydrogens is 488 g/mol. The van der Waals surface area contributed by atoms with Crippen molar-refractivity contribution in [3.8, 4) is 0 Å². The Bertz CT molecular complexity index is 1190. The third-order valence-electron chi connectivity index (χ3n) is 7.07. The number of aromatic nitrogens is 2. The Hall–Kier alpha value is -2.19. The van der Waals surface area contributed by atoms with Crippen LogP contribution in [0, 0.1) is 5.92 Å². The molecule has 36 heavy (non-hydrogen) atoms. The number of pyridine rings is 1. The topological polar surface area (TPSA) is 59.4 Å². The minimum atomic E-state index is -1.16. The van der Waals surface area contributed by atoms with Crippen LogP contribution in [0.15, 0.2) is 42.7 Å². The average Bonchev–Trinajstić information content (AvgIpc) is 3.15. The van der Waals surface area contributed by atoms with Crippen molar-refractivity contribution in [2.75, 3.05) is 25.0 Å². The van der Waals surface area contributed by atoms with E-state index in [9.17, 15) is 4.79 Å². The number of halogens is 1. The van der Waals surface area contributed by atoms with E-state index in [1.807, 2.05) is 10.8 Å². The molecular formula is C28H39ClN4O2Si. The van der Waals surface area contributed by atoms with Gasteiger partial charge in [0, 0.05) is 46.2 Å². The molecule has 0 unspecified atom stereocenters. The van der Waals surface area contributed by atoms with Gasteiger partial charge in [0.1, 0.15) is 12.4 Å². The molecule has 1 aliphatic heterocycles. The number of carbonyl (C=O) groups is 1. The van der Waals surface area contributed by atoms with Crippen LogP contribution in [0.25, 0.3) is 11.0 Å². The highest BCUT2D eigenvalue weighted by atomic mass is 35.5. The van der Waals surface area contributed by atoms with E-state index in [1.165, 1.54) is 5.56 Å². The van der Waals surface area contributed by atoms with Gasteiger partial charge in [-0.3, -0.25) is 9.69 Å². The zero-order valence-corrected chi connectivity index (χ0v) is 23.9. The van der Waals surface area contributed by atoms with Crippen molar-refractivity contribution in [3.63, 3.8) is 0 Å². The Morgan fingerprint density at radius 2 is 2.00 bits per heavy atom. The Kier molecular flexibility index (Phi) is 8.55. The third kappa shape index (κ3) is 6.57. The number of ether oxygens (including phenoxy) is 1. The number of likely N-dealkylation sites (tertiary alicyclic amines) is 1. The van der Waals surface area contributed by atoms with Crippen LogP contribution >= 0.6 is 11.6 Å². The molecule has 1 saturated heterocycles. The average molecular weight is 527 g/mol. The third-order valence-corrected chi connectivity index (χ3v) is 9.06. The first-order chi connectivity index (χ1) is 17.1. The van der Waals surface area contributed by atoms with E-state index in [2.05, 4.69) is 72.1 Å². The van der Waals surface area contributed by atoms with E-state index in [-0.39, 0.29) is 11.8 Å². The highest BCUT2D eigenvalue weighted by molar-refractivity contribution is 6.76. The second-order valence-corrected chi connectivity index (χ2v) is 17.4. The fourth-order valence-corrected chi connectivity index (χ4v) is 5.81. The van der Waals surface area contributed by atoms with Crippen molar-refractivity contribution in [2.24, 2.45) is 5.92 Å². The quantitative estimate of drug-likeness (QED) is 0.185. The van der Waals surface area contributed by atoms with Gasteiger partial charge in [0.15, 0.2) is 5.78 Å². The number of hydrogen-bond acceptors (Lipinski definition) is 5. The smallest absolute Gasteiger partial charge is 0.163 e. The van der Waals surface area contributed by atoms with Gasteiger partial charge in [0.25, 0.3) is 0 Å². The number of hydrogen-bond donors (Lipinski definition) is 1. The molecule has 0 amide bonds. The van der Waals surface area contributed by atoms with E-state index in [0.29, 0.717) is 23.2 Å². The van der Waals surface area contributed by atoms with Crippen LogP contribution in [0.1, 0.15) is 36.2 Å². The molecule has 3 heterocycles. The number of nitrogens with one attached hydrogen (secondary N) is 1. The molecule has 2 atom stereocenters. The summed E-state index contributed by atoms with van der Waals surface area (Å²) in [6.45, 7) is 14.9. The molecule has 1 fully saturated rings. The second-order valence-electron chi connectivity index (χ2n) is 11.3. The SMILES string of the molecule is CC(=O)c1cnc2c(c(Cl)cn2COCC[Si](C)(C)C)c1N[C@H]1CN(Cc2ccccc2)CC[C@H]1C. The second kappa shape index (κ2) is 11.5. The molecule has 0 spiro atoms. The van der Waals surface area contributed by atoms with Crippen LogP contribution < -0.4 is 5.32 Å². The maximum atomic E-state index is 12.6. The number of piperidine rings is 1. The first kappa shape index (κ1) is 26.9. The van der Waals surface area contributed by atoms with Gasteiger partial charge in [-0.1, -0.05) is 68.5 Å². The molecule has 0 radical (unpaired) electrons. The van der Waals surface area contributed by atoms with Crippen LogP contribution in [0.4, 0.5) is 5.69 Å². The molecule has 1 N–H and O–H groups in total. The number of rotatable bonds is 10. The molecule has 3 aromatic rings.